The highest BCUT2D eigenvalue weighted by atomic mass is 16.2. The van der Waals surface area contributed by atoms with Crippen LogP contribution in [0.2, 0.25) is 0 Å². The number of carbonyl (C=O) groups excluding carboxylic acids is 3. The van der Waals surface area contributed by atoms with Crippen molar-refractivity contribution < 1.29 is 14.4 Å². The van der Waals surface area contributed by atoms with E-state index in [-0.39, 0.29) is 24.3 Å². The van der Waals surface area contributed by atoms with Crippen LogP contribution in [-0.2, 0) is 9.59 Å². The van der Waals surface area contributed by atoms with Crippen molar-refractivity contribution >= 4 is 34.8 Å². The topological polar surface area (TPSA) is 90.5 Å². The van der Waals surface area contributed by atoms with Gasteiger partial charge in [-0.15, -0.1) is 0 Å². The van der Waals surface area contributed by atoms with E-state index in [2.05, 4.69) is 16.0 Å². The Morgan fingerprint density at radius 1 is 0.857 bits per heavy atom. The third kappa shape index (κ3) is 6.42. The Balaban J connectivity index is 1.86. The smallest absolute Gasteiger partial charge is 0.253 e. The molecule has 0 heterocycles. The minimum atomic E-state index is -0.227. The van der Waals surface area contributed by atoms with Gasteiger partial charge in [-0.25, -0.2) is 0 Å². The van der Waals surface area contributed by atoms with Crippen molar-refractivity contribution in [2.75, 3.05) is 36.6 Å². The summed E-state index contributed by atoms with van der Waals surface area (Å²) in [4.78, 5) is 37.2. The van der Waals surface area contributed by atoms with Crippen LogP contribution in [0.15, 0.2) is 48.5 Å². The molecule has 7 heteroatoms. The van der Waals surface area contributed by atoms with Crippen LogP contribution in [0.25, 0.3) is 0 Å². The van der Waals surface area contributed by atoms with Crippen LogP contribution in [0.4, 0.5) is 17.1 Å². The van der Waals surface area contributed by atoms with Gasteiger partial charge in [0.1, 0.15) is 0 Å². The second-order valence-corrected chi connectivity index (χ2v) is 6.56. The molecule has 0 bridgehead atoms. The van der Waals surface area contributed by atoms with Crippen LogP contribution in [0, 0.1) is 0 Å². The van der Waals surface area contributed by atoms with Crippen molar-refractivity contribution in [3.63, 3.8) is 0 Å². The monoisotopic (exact) mass is 382 g/mol. The van der Waals surface area contributed by atoms with E-state index in [1.165, 1.54) is 4.90 Å². The molecule has 3 N–H and O–H groups in total. The molecule has 2 aromatic carbocycles. The molecular weight excluding hydrogens is 356 g/mol. The molecule has 2 aromatic rings. The number of anilines is 3. The fraction of sp³-hybridized carbons (Fsp3) is 0.286. The first-order valence-electron chi connectivity index (χ1n) is 9.14. The molecule has 0 atom stereocenters. The van der Waals surface area contributed by atoms with E-state index in [0.717, 1.165) is 17.8 Å². The highest BCUT2D eigenvalue weighted by Crippen LogP contribution is 2.15. The maximum atomic E-state index is 12.2. The highest BCUT2D eigenvalue weighted by Gasteiger charge is 2.09. The molecule has 7 nitrogen and oxygen atoms in total. The Hall–Kier alpha value is -3.35. The standard InChI is InChI=1S/C21H26N4O3/c1-4-6-19(26)23-17-11-9-16(10-12-17)22-14-20(27)24-18-8-5-7-15(13-18)21(28)25(2)3/h5,7-13,22H,4,6,14H2,1-3H3,(H,23,26)(H,24,27). The molecule has 0 aliphatic heterocycles. The van der Waals surface area contributed by atoms with E-state index >= 15 is 0 Å². The van der Waals surface area contributed by atoms with Gasteiger partial charge in [-0.05, 0) is 48.9 Å². The molecule has 0 saturated heterocycles. The quantitative estimate of drug-likeness (QED) is 0.654. The lowest BCUT2D eigenvalue weighted by molar-refractivity contribution is -0.116. The van der Waals surface area contributed by atoms with Gasteiger partial charge >= 0.3 is 0 Å². The summed E-state index contributed by atoms with van der Waals surface area (Å²) in [6.07, 6.45) is 1.29. The van der Waals surface area contributed by atoms with Gasteiger partial charge in [0.15, 0.2) is 0 Å². The number of rotatable bonds is 8. The lowest BCUT2D eigenvalue weighted by Crippen LogP contribution is -2.23. The van der Waals surface area contributed by atoms with Crippen molar-refractivity contribution in [1.29, 1.82) is 0 Å². The van der Waals surface area contributed by atoms with Crippen molar-refractivity contribution in [2.24, 2.45) is 0 Å². The Bertz CT molecular complexity index is 832. The maximum Gasteiger partial charge on any atom is 0.253 e. The van der Waals surface area contributed by atoms with Crippen LogP contribution < -0.4 is 16.0 Å². The number of carbonyl (C=O) groups is 3. The second kappa shape index (κ2) is 10.1. The van der Waals surface area contributed by atoms with E-state index in [1.807, 2.05) is 6.92 Å². The maximum absolute atomic E-state index is 12.2. The van der Waals surface area contributed by atoms with Gasteiger partial charge in [0.25, 0.3) is 5.91 Å². The van der Waals surface area contributed by atoms with Gasteiger partial charge in [0, 0.05) is 43.1 Å². The number of nitrogens with zero attached hydrogens (tertiary/aromatic N) is 1. The minimum Gasteiger partial charge on any atom is -0.376 e. The van der Waals surface area contributed by atoms with E-state index in [4.69, 9.17) is 0 Å². The van der Waals surface area contributed by atoms with Gasteiger partial charge < -0.3 is 20.9 Å². The second-order valence-electron chi connectivity index (χ2n) is 6.56. The van der Waals surface area contributed by atoms with Gasteiger partial charge in [-0.2, -0.15) is 0 Å². The van der Waals surface area contributed by atoms with Crippen molar-refractivity contribution in [3.8, 4) is 0 Å². The summed E-state index contributed by atoms with van der Waals surface area (Å²) in [5.74, 6) is -0.368. The summed E-state index contributed by atoms with van der Waals surface area (Å²) in [6, 6.07) is 14.0. The molecule has 3 amide bonds. The molecule has 2 rings (SSSR count). The van der Waals surface area contributed by atoms with Gasteiger partial charge in [-0.1, -0.05) is 13.0 Å². The van der Waals surface area contributed by atoms with Gasteiger partial charge in [0.2, 0.25) is 11.8 Å². The SMILES string of the molecule is CCCC(=O)Nc1ccc(NCC(=O)Nc2cccc(C(=O)N(C)C)c2)cc1. The lowest BCUT2D eigenvalue weighted by Gasteiger charge is -2.12. The average molecular weight is 382 g/mol. The largest absolute Gasteiger partial charge is 0.376 e. The normalized spacial score (nSPS) is 10.1. The summed E-state index contributed by atoms with van der Waals surface area (Å²) in [5, 5.41) is 8.61. The first-order chi connectivity index (χ1) is 13.4. The van der Waals surface area contributed by atoms with Crippen LogP contribution in [0.1, 0.15) is 30.1 Å². The fourth-order valence-electron chi connectivity index (χ4n) is 2.50. The van der Waals surface area contributed by atoms with E-state index in [1.54, 1.807) is 62.6 Å². The van der Waals surface area contributed by atoms with Gasteiger partial charge in [-0.3, -0.25) is 14.4 Å². The van der Waals surface area contributed by atoms with Crippen LogP contribution in [0.5, 0.6) is 0 Å². The molecular formula is C21H26N4O3. The van der Waals surface area contributed by atoms with E-state index < -0.39 is 0 Å². The summed E-state index contributed by atoms with van der Waals surface area (Å²) in [5.41, 5.74) is 2.56. The fourth-order valence-corrected chi connectivity index (χ4v) is 2.50. The zero-order chi connectivity index (χ0) is 20.5. The molecule has 148 valence electrons. The van der Waals surface area contributed by atoms with E-state index in [9.17, 15) is 14.4 Å². The third-order valence-electron chi connectivity index (χ3n) is 3.90. The molecule has 28 heavy (non-hydrogen) atoms. The number of amides is 3. The first kappa shape index (κ1) is 21.0. The minimum absolute atomic E-state index is 0.0161. The molecule has 0 unspecified atom stereocenters. The molecule has 0 aliphatic rings. The predicted molar refractivity (Wildman–Crippen MR) is 112 cm³/mol. The third-order valence-corrected chi connectivity index (χ3v) is 3.90. The van der Waals surface area contributed by atoms with E-state index in [0.29, 0.717) is 17.7 Å². The molecule has 0 aromatic heterocycles. The summed E-state index contributed by atoms with van der Waals surface area (Å²) in [6.45, 7) is 2.03. The van der Waals surface area contributed by atoms with Gasteiger partial charge in [0.05, 0.1) is 6.54 Å². The zero-order valence-corrected chi connectivity index (χ0v) is 16.4. The molecule has 0 spiro atoms. The average Bonchev–Trinajstić information content (AvgIpc) is 2.67. The summed E-state index contributed by atoms with van der Waals surface area (Å²) in [7, 11) is 3.36. The lowest BCUT2D eigenvalue weighted by atomic mass is 10.2. The Labute approximate surface area is 165 Å². The van der Waals surface area contributed by atoms with Crippen LogP contribution in [-0.4, -0.2) is 43.3 Å². The molecule has 0 saturated carbocycles. The number of hydrogen-bond donors (Lipinski definition) is 3. The highest BCUT2D eigenvalue weighted by molar-refractivity contribution is 5.98. The Morgan fingerprint density at radius 2 is 1.50 bits per heavy atom. The summed E-state index contributed by atoms with van der Waals surface area (Å²) < 4.78 is 0. The van der Waals surface area contributed by atoms with Crippen molar-refractivity contribution in [2.45, 2.75) is 19.8 Å². The molecule has 0 radical (unpaired) electrons. The van der Waals surface area contributed by atoms with Crippen LogP contribution in [0.3, 0.4) is 0 Å². The number of benzene rings is 2. The number of nitrogens with one attached hydrogen (secondary N) is 3. The van der Waals surface area contributed by atoms with Crippen molar-refractivity contribution in [3.05, 3.63) is 54.1 Å². The first-order valence-corrected chi connectivity index (χ1v) is 9.14. The molecule has 0 aliphatic carbocycles. The zero-order valence-electron chi connectivity index (χ0n) is 16.4. The number of hydrogen-bond acceptors (Lipinski definition) is 4. The summed E-state index contributed by atoms with van der Waals surface area (Å²) >= 11 is 0. The van der Waals surface area contributed by atoms with Crippen molar-refractivity contribution in [1.82, 2.24) is 4.90 Å². The Kier molecular flexibility index (Phi) is 7.56. The van der Waals surface area contributed by atoms with Crippen LogP contribution >= 0.6 is 0 Å². The molecule has 0 fully saturated rings. The predicted octanol–water partition coefficient (Wildman–Crippen LogP) is 3.18. The Morgan fingerprint density at radius 3 is 2.14 bits per heavy atom.